The van der Waals surface area contributed by atoms with Crippen molar-refractivity contribution in [2.75, 3.05) is 6.61 Å². The Hall–Kier alpha value is -2.67. The van der Waals surface area contributed by atoms with E-state index in [2.05, 4.69) is 15.5 Å². The van der Waals surface area contributed by atoms with Crippen molar-refractivity contribution in [2.45, 2.75) is 32.7 Å². The summed E-state index contributed by atoms with van der Waals surface area (Å²) in [5, 5.41) is 14.9. The smallest absolute Gasteiger partial charge is 0.248 e. The molecular formula is C19H21N3O3S. The fourth-order valence-electron chi connectivity index (χ4n) is 2.52. The minimum Gasteiger partial charge on any atom is -0.494 e. The summed E-state index contributed by atoms with van der Waals surface area (Å²) in [5.74, 6) is 1.70. The van der Waals surface area contributed by atoms with Crippen molar-refractivity contribution in [1.29, 1.82) is 0 Å². The summed E-state index contributed by atoms with van der Waals surface area (Å²) in [4.78, 5) is 12.2. The van der Waals surface area contributed by atoms with E-state index in [1.165, 1.54) is 0 Å². The molecular weight excluding hydrogens is 350 g/mol. The number of hydrogen-bond acceptors (Lipinski definition) is 6. The summed E-state index contributed by atoms with van der Waals surface area (Å²) in [6, 6.07) is 9.56. The van der Waals surface area contributed by atoms with E-state index in [4.69, 9.17) is 9.15 Å². The van der Waals surface area contributed by atoms with E-state index in [0.717, 1.165) is 16.9 Å². The molecule has 0 bridgehead atoms. The molecule has 0 radical (unpaired) electrons. The number of aromatic nitrogens is 2. The molecule has 6 nitrogen and oxygen atoms in total. The molecule has 0 spiro atoms. The Balaban J connectivity index is 1.51. The van der Waals surface area contributed by atoms with Gasteiger partial charge >= 0.3 is 0 Å². The van der Waals surface area contributed by atoms with E-state index in [1.807, 2.05) is 54.9 Å². The summed E-state index contributed by atoms with van der Waals surface area (Å²) in [6.45, 7) is 4.51. The first-order chi connectivity index (χ1) is 12.7. The van der Waals surface area contributed by atoms with Gasteiger partial charge in [0.25, 0.3) is 0 Å². The molecule has 0 unspecified atom stereocenters. The Bertz CT molecular complexity index is 845. The van der Waals surface area contributed by atoms with Gasteiger partial charge in [-0.1, -0.05) is 12.1 Å². The number of aryl methyl sites for hydroxylation is 1. The first-order valence-electron chi connectivity index (χ1n) is 8.52. The minimum atomic E-state index is -0.105. The average Bonchev–Trinajstić information content (AvgIpc) is 3.32. The molecule has 0 saturated heterocycles. The summed E-state index contributed by atoms with van der Waals surface area (Å²) < 4.78 is 11.1. The predicted octanol–water partition coefficient (Wildman–Crippen LogP) is 4.01. The van der Waals surface area contributed by atoms with Gasteiger partial charge in [0, 0.05) is 23.8 Å². The second-order valence-electron chi connectivity index (χ2n) is 5.81. The Labute approximate surface area is 156 Å². The SMILES string of the molecule is CCOc1cccc([C@@H](C)NC(=O)CCc2nnc(-c3ccsc3)o2)c1. The lowest BCUT2D eigenvalue weighted by Crippen LogP contribution is -2.26. The number of rotatable bonds is 8. The molecule has 3 rings (SSSR count). The zero-order valence-corrected chi connectivity index (χ0v) is 15.6. The Morgan fingerprint density at radius 1 is 1.35 bits per heavy atom. The Morgan fingerprint density at radius 2 is 2.23 bits per heavy atom. The third-order valence-corrected chi connectivity index (χ3v) is 4.53. The van der Waals surface area contributed by atoms with Crippen molar-refractivity contribution in [2.24, 2.45) is 0 Å². The normalized spacial score (nSPS) is 11.9. The van der Waals surface area contributed by atoms with Gasteiger partial charge in [-0.3, -0.25) is 4.79 Å². The summed E-state index contributed by atoms with van der Waals surface area (Å²) in [6.07, 6.45) is 0.704. The number of ether oxygens (including phenoxy) is 1. The molecule has 0 aliphatic rings. The van der Waals surface area contributed by atoms with Gasteiger partial charge in [0.15, 0.2) is 0 Å². The van der Waals surface area contributed by atoms with Crippen LogP contribution in [-0.4, -0.2) is 22.7 Å². The van der Waals surface area contributed by atoms with Crippen LogP contribution in [0.25, 0.3) is 11.5 Å². The molecule has 2 heterocycles. The van der Waals surface area contributed by atoms with Crippen LogP contribution in [0.15, 0.2) is 45.5 Å². The number of hydrogen-bond donors (Lipinski definition) is 1. The highest BCUT2D eigenvalue weighted by atomic mass is 32.1. The van der Waals surface area contributed by atoms with Gasteiger partial charge in [0.05, 0.1) is 12.6 Å². The highest BCUT2D eigenvalue weighted by Crippen LogP contribution is 2.21. The van der Waals surface area contributed by atoms with Gasteiger partial charge in [-0.15, -0.1) is 10.2 Å². The van der Waals surface area contributed by atoms with Crippen molar-refractivity contribution < 1.29 is 13.9 Å². The standard InChI is InChI=1S/C19H21N3O3S/c1-3-24-16-6-4-5-14(11-16)13(2)20-17(23)7-8-18-21-22-19(25-18)15-9-10-26-12-15/h4-6,9-13H,3,7-8H2,1-2H3,(H,20,23)/t13-/m1/s1. The van der Waals surface area contributed by atoms with Crippen LogP contribution in [0.2, 0.25) is 0 Å². The van der Waals surface area contributed by atoms with Crippen LogP contribution in [-0.2, 0) is 11.2 Å². The van der Waals surface area contributed by atoms with E-state index in [-0.39, 0.29) is 11.9 Å². The van der Waals surface area contributed by atoms with Gasteiger partial charge < -0.3 is 14.5 Å². The van der Waals surface area contributed by atoms with E-state index >= 15 is 0 Å². The number of benzene rings is 1. The molecule has 1 N–H and O–H groups in total. The van der Waals surface area contributed by atoms with Crippen LogP contribution in [0.5, 0.6) is 5.75 Å². The van der Waals surface area contributed by atoms with Crippen LogP contribution in [0.4, 0.5) is 0 Å². The van der Waals surface area contributed by atoms with Crippen molar-refractivity contribution in [3.8, 4) is 17.2 Å². The van der Waals surface area contributed by atoms with Crippen LogP contribution in [0, 0.1) is 0 Å². The maximum Gasteiger partial charge on any atom is 0.248 e. The average molecular weight is 371 g/mol. The fraction of sp³-hybridized carbons (Fsp3) is 0.316. The third-order valence-electron chi connectivity index (χ3n) is 3.85. The van der Waals surface area contributed by atoms with Gasteiger partial charge in [0.2, 0.25) is 17.7 Å². The number of amides is 1. The highest BCUT2D eigenvalue weighted by Gasteiger charge is 2.13. The molecule has 7 heteroatoms. The topological polar surface area (TPSA) is 77.2 Å². The highest BCUT2D eigenvalue weighted by molar-refractivity contribution is 7.08. The molecule has 0 fully saturated rings. The molecule has 1 aromatic carbocycles. The van der Waals surface area contributed by atoms with E-state index in [0.29, 0.717) is 31.2 Å². The van der Waals surface area contributed by atoms with Gasteiger partial charge in [-0.25, -0.2) is 0 Å². The Morgan fingerprint density at radius 3 is 3.00 bits per heavy atom. The van der Waals surface area contributed by atoms with E-state index in [9.17, 15) is 4.79 Å². The van der Waals surface area contributed by atoms with Crippen LogP contribution in [0.3, 0.4) is 0 Å². The third kappa shape index (κ3) is 4.70. The maximum absolute atomic E-state index is 12.2. The zero-order valence-electron chi connectivity index (χ0n) is 14.8. The Kier molecular flexibility index (Phi) is 6.01. The van der Waals surface area contributed by atoms with Crippen LogP contribution in [0.1, 0.15) is 37.8 Å². The minimum absolute atomic E-state index is 0.0606. The molecule has 3 aromatic rings. The largest absolute Gasteiger partial charge is 0.494 e. The molecule has 136 valence electrons. The second kappa shape index (κ2) is 8.62. The predicted molar refractivity (Wildman–Crippen MR) is 100 cm³/mol. The van der Waals surface area contributed by atoms with Gasteiger partial charge in [0.1, 0.15) is 5.75 Å². The molecule has 26 heavy (non-hydrogen) atoms. The van der Waals surface area contributed by atoms with Crippen LogP contribution < -0.4 is 10.1 Å². The molecule has 0 aliphatic carbocycles. The lowest BCUT2D eigenvalue weighted by Gasteiger charge is -2.15. The molecule has 0 aliphatic heterocycles. The van der Waals surface area contributed by atoms with Crippen LogP contribution >= 0.6 is 11.3 Å². The monoisotopic (exact) mass is 371 g/mol. The lowest BCUT2D eigenvalue weighted by atomic mass is 10.1. The zero-order chi connectivity index (χ0) is 18.4. The number of nitrogens with one attached hydrogen (secondary N) is 1. The van der Waals surface area contributed by atoms with E-state index in [1.54, 1.807) is 11.3 Å². The fourth-order valence-corrected chi connectivity index (χ4v) is 3.14. The molecule has 1 atom stereocenters. The van der Waals surface area contributed by atoms with E-state index < -0.39 is 0 Å². The van der Waals surface area contributed by atoms with Crippen molar-refractivity contribution >= 4 is 17.2 Å². The number of carbonyl (C=O) groups is 1. The quantitative estimate of drug-likeness (QED) is 0.647. The van der Waals surface area contributed by atoms with Crippen molar-refractivity contribution in [3.05, 3.63) is 52.5 Å². The van der Waals surface area contributed by atoms with Gasteiger partial charge in [-0.05, 0) is 43.0 Å². The summed E-state index contributed by atoms with van der Waals surface area (Å²) in [5.41, 5.74) is 1.91. The number of nitrogens with zero attached hydrogens (tertiary/aromatic N) is 2. The first-order valence-corrected chi connectivity index (χ1v) is 9.47. The lowest BCUT2D eigenvalue weighted by molar-refractivity contribution is -0.121. The van der Waals surface area contributed by atoms with Gasteiger partial charge in [-0.2, -0.15) is 11.3 Å². The van der Waals surface area contributed by atoms with Crippen molar-refractivity contribution in [1.82, 2.24) is 15.5 Å². The molecule has 0 saturated carbocycles. The molecule has 2 aromatic heterocycles. The first kappa shape index (κ1) is 18.1. The summed E-state index contributed by atoms with van der Waals surface area (Å²) in [7, 11) is 0. The summed E-state index contributed by atoms with van der Waals surface area (Å²) >= 11 is 1.57. The molecule has 1 amide bonds. The second-order valence-corrected chi connectivity index (χ2v) is 6.59. The number of carbonyl (C=O) groups excluding carboxylic acids is 1. The number of thiophene rings is 1. The maximum atomic E-state index is 12.2. The van der Waals surface area contributed by atoms with Crippen molar-refractivity contribution in [3.63, 3.8) is 0 Å².